The molecule has 0 unspecified atom stereocenters. The summed E-state index contributed by atoms with van der Waals surface area (Å²) in [5.74, 6) is -0.116. The second-order valence-electron chi connectivity index (χ2n) is 2.29. The molecule has 60 valence electrons. The SMILES string of the molecule is [2H]CCCCNC(=O)[C@H](C)N. The fourth-order valence-corrected chi connectivity index (χ4v) is 0.498. The first-order valence-electron chi connectivity index (χ1n) is 4.21. The maximum absolute atomic E-state index is 10.8. The Hall–Kier alpha value is -0.570. The number of carbonyl (C=O) groups excluding carboxylic acids is 1. The van der Waals surface area contributed by atoms with Crippen LogP contribution >= 0.6 is 0 Å². The monoisotopic (exact) mass is 145 g/mol. The number of nitrogens with two attached hydrogens (primary N) is 1. The standard InChI is InChI=1S/C7H16N2O/c1-3-4-5-9-7(10)6(2)8/h6H,3-5,8H2,1-2H3,(H,9,10)/t6-/m0/s1/i1D. The number of unbranched alkanes of at least 4 members (excludes halogenated alkanes) is 1. The average Bonchev–Trinajstić information content (AvgIpc) is 1.97. The molecule has 0 aliphatic rings. The quantitative estimate of drug-likeness (QED) is 0.557. The molecule has 0 saturated carbocycles. The zero-order valence-electron chi connectivity index (χ0n) is 7.39. The lowest BCUT2D eigenvalue weighted by Crippen LogP contribution is -2.38. The summed E-state index contributed by atoms with van der Waals surface area (Å²) in [5.41, 5.74) is 5.30. The van der Waals surface area contributed by atoms with Gasteiger partial charge in [-0.3, -0.25) is 4.79 Å². The van der Waals surface area contributed by atoms with E-state index in [-0.39, 0.29) is 5.91 Å². The highest BCUT2D eigenvalue weighted by Gasteiger charge is 2.03. The van der Waals surface area contributed by atoms with E-state index in [4.69, 9.17) is 7.10 Å². The predicted octanol–water partition coefficient (Wildman–Crippen LogP) is 0.250. The molecule has 0 heterocycles. The lowest BCUT2D eigenvalue weighted by atomic mass is 10.3. The van der Waals surface area contributed by atoms with Crippen LogP contribution in [0.2, 0.25) is 0 Å². The summed E-state index contributed by atoms with van der Waals surface area (Å²) in [7, 11) is 0. The van der Waals surface area contributed by atoms with Crippen molar-refractivity contribution in [2.24, 2.45) is 5.73 Å². The molecule has 1 atom stereocenters. The number of carbonyl (C=O) groups is 1. The Labute approximate surface area is 63.4 Å². The van der Waals surface area contributed by atoms with Crippen LogP contribution in [-0.2, 0) is 4.79 Å². The van der Waals surface area contributed by atoms with E-state index in [0.717, 1.165) is 12.8 Å². The summed E-state index contributed by atoms with van der Waals surface area (Å²) in [6.07, 6.45) is 1.70. The molecule has 3 N–H and O–H groups in total. The number of hydrogen-bond acceptors (Lipinski definition) is 2. The summed E-state index contributed by atoms with van der Waals surface area (Å²) in [5, 5.41) is 2.67. The Kier molecular flexibility index (Phi) is 3.94. The topological polar surface area (TPSA) is 55.1 Å². The zero-order valence-corrected chi connectivity index (χ0v) is 6.39. The summed E-state index contributed by atoms with van der Waals surface area (Å²) >= 11 is 0. The van der Waals surface area contributed by atoms with E-state index in [9.17, 15) is 4.79 Å². The van der Waals surface area contributed by atoms with E-state index in [1.54, 1.807) is 6.92 Å². The summed E-state index contributed by atoms with van der Waals surface area (Å²) in [4.78, 5) is 10.8. The molecule has 10 heavy (non-hydrogen) atoms. The molecule has 0 aliphatic heterocycles. The van der Waals surface area contributed by atoms with Crippen LogP contribution in [-0.4, -0.2) is 18.5 Å². The van der Waals surface area contributed by atoms with Crippen LogP contribution in [0.4, 0.5) is 0 Å². The van der Waals surface area contributed by atoms with Crippen LogP contribution in [0.5, 0.6) is 0 Å². The highest BCUT2D eigenvalue weighted by Crippen LogP contribution is 1.83. The van der Waals surface area contributed by atoms with Crippen molar-refractivity contribution in [3.8, 4) is 0 Å². The van der Waals surface area contributed by atoms with E-state index in [1.807, 2.05) is 0 Å². The highest BCUT2D eigenvalue weighted by atomic mass is 16.2. The van der Waals surface area contributed by atoms with E-state index in [1.165, 1.54) is 0 Å². The van der Waals surface area contributed by atoms with Gasteiger partial charge in [0.2, 0.25) is 5.91 Å². The van der Waals surface area contributed by atoms with Gasteiger partial charge in [-0.2, -0.15) is 0 Å². The minimum Gasteiger partial charge on any atom is -0.355 e. The van der Waals surface area contributed by atoms with Gasteiger partial charge in [-0.15, -0.1) is 0 Å². The Morgan fingerprint density at radius 2 is 2.60 bits per heavy atom. The smallest absolute Gasteiger partial charge is 0.236 e. The van der Waals surface area contributed by atoms with E-state index in [2.05, 4.69) is 5.32 Å². The van der Waals surface area contributed by atoms with Gasteiger partial charge in [0, 0.05) is 7.92 Å². The zero-order chi connectivity index (χ0) is 8.69. The molecular weight excluding hydrogens is 128 g/mol. The summed E-state index contributed by atoms with van der Waals surface area (Å²) in [6.45, 7) is 2.72. The van der Waals surface area contributed by atoms with E-state index in [0.29, 0.717) is 13.4 Å². The number of hydrogen-bond donors (Lipinski definition) is 2. The van der Waals surface area contributed by atoms with Gasteiger partial charge in [-0.25, -0.2) is 0 Å². The first kappa shape index (κ1) is 7.54. The van der Waals surface area contributed by atoms with Gasteiger partial charge in [-0.05, 0) is 13.3 Å². The fourth-order valence-electron chi connectivity index (χ4n) is 0.498. The largest absolute Gasteiger partial charge is 0.355 e. The molecule has 0 bridgehead atoms. The van der Waals surface area contributed by atoms with Crippen LogP contribution in [0.15, 0.2) is 0 Å². The van der Waals surface area contributed by atoms with Gasteiger partial charge in [0.05, 0.1) is 6.04 Å². The summed E-state index contributed by atoms with van der Waals surface area (Å²) < 4.78 is 6.84. The second-order valence-corrected chi connectivity index (χ2v) is 2.29. The lowest BCUT2D eigenvalue weighted by Gasteiger charge is -2.05. The van der Waals surface area contributed by atoms with Crippen molar-refractivity contribution in [3.63, 3.8) is 0 Å². The van der Waals surface area contributed by atoms with Gasteiger partial charge in [0.25, 0.3) is 0 Å². The van der Waals surface area contributed by atoms with Gasteiger partial charge >= 0.3 is 0 Å². The molecule has 0 rings (SSSR count). The number of rotatable bonds is 4. The molecule has 0 aromatic rings. The third kappa shape index (κ3) is 4.32. The second kappa shape index (κ2) is 5.23. The third-order valence-corrected chi connectivity index (χ3v) is 1.14. The molecule has 3 nitrogen and oxygen atoms in total. The van der Waals surface area contributed by atoms with Crippen LogP contribution in [0.1, 0.15) is 28.0 Å². The number of nitrogens with one attached hydrogen (secondary N) is 1. The molecule has 0 aromatic carbocycles. The molecule has 0 fully saturated rings. The minimum atomic E-state index is -0.425. The van der Waals surface area contributed by atoms with Crippen molar-refractivity contribution >= 4 is 5.91 Å². The van der Waals surface area contributed by atoms with Gasteiger partial charge < -0.3 is 11.1 Å². The Balaban J connectivity index is 3.18. The van der Waals surface area contributed by atoms with E-state index >= 15 is 0 Å². The third-order valence-electron chi connectivity index (χ3n) is 1.14. The molecule has 0 saturated heterocycles. The fraction of sp³-hybridized carbons (Fsp3) is 0.857. The lowest BCUT2D eigenvalue weighted by molar-refractivity contribution is -0.121. The molecule has 1 amide bonds. The van der Waals surface area contributed by atoms with Crippen LogP contribution in [0, 0.1) is 0 Å². The normalized spacial score (nSPS) is 14.0. The van der Waals surface area contributed by atoms with E-state index < -0.39 is 6.04 Å². The van der Waals surface area contributed by atoms with Crippen molar-refractivity contribution in [2.75, 3.05) is 6.54 Å². The Bertz CT molecular complexity index is 117. The Morgan fingerprint density at radius 3 is 3.10 bits per heavy atom. The van der Waals surface area contributed by atoms with Crippen molar-refractivity contribution in [2.45, 2.75) is 32.7 Å². The molecule has 0 aliphatic carbocycles. The first-order valence-corrected chi connectivity index (χ1v) is 3.51. The van der Waals surface area contributed by atoms with Gasteiger partial charge in [0.15, 0.2) is 0 Å². The van der Waals surface area contributed by atoms with Crippen LogP contribution < -0.4 is 11.1 Å². The number of amides is 1. The van der Waals surface area contributed by atoms with Crippen molar-refractivity contribution < 1.29 is 6.17 Å². The maximum Gasteiger partial charge on any atom is 0.236 e. The molecule has 0 spiro atoms. The van der Waals surface area contributed by atoms with Crippen LogP contribution in [0.25, 0.3) is 0 Å². The van der Waals surface area contributed by atoms with Crippen LogP contribution in [0.3, 0.4) is 0 Å². The highest BCUT2D eigenvalue weighted by molar-refractivity contribution is 5.80. The summed E-state index contributed by atoms with van der Waals surface area (Å²) in [6, 6.07) is -0.425. The molecule has 0 aromatic heterocycles. The Morgan fingerprint density at radius 1 is 1.90 bits per heavy atom. The van der Waals surface area contributed by atoms with Gasteiger partial charge in [-0.1, -0.05) is 13.3 Å². The minimum absolute atomic E-state index is 0.116. The first-order chi connectivity index (χ1) is 5.18. The molecular formula is C7H16N2O. The molecule has 0 radical (unpaired) electrons. The van der Waals surface area contributed by atoms with Crippen molar-refractivity contribution in [3.05, 3.63) is 0 Å². The molecule has 3 heteroatoms. The van der Waals surface area contributed by atoms with Crippen molar-refractivity contribution in [1.82, 2.24) is 5.32 Å². The van der Waals surface area contributed by atoms with Crippen molar-refractivity contribution in [1.29, 1.82) is 0 Å². The maximum atomic E-state index is 10.8. The average molecular weight is 145 g/mol. The van der Waals surface area contributed by atoms with Gasteiger partial charge in [0.1, 0.15) is 0 Å². The predicted molar refractivity (Wildman–Crippen MR) is 41.6 cm³/mol.